The highest BCUT2D eigenvalue weighted by molar-refractivity contribution is 5.70. The van der Waals surface area contributed by atoms with E-state index in [0.29, 0.717) is 17.0 Å². The second-order valence-corrected chi connectivity index (χ2v) is 6.93. The number of phenols is 1. The Labute approximate surface area is 143 Å². The highest BCUT2D eigenvalue weighted by Crippen LogP contribution is 2.33. The molecule has 5 nitrogen and oxygen atoms in total. The number of piperidine rings is 1. The Morgan fingerprint density at radius 3 is 2.62 bits per heavy atom. The van der Waals surface area contributed by atoms with Crippen LogP contribution in [0.3, 0.4) is 0 Å². The van der Waals surface area contributed by atoms with Crippen LogP contribution in [0.1, 0.15) is 35.8 Å². The monoisotopic (exact) mass is 327 g/mol. The minimum atomic E-state index is -0.595. The quantitative estimate of drug-likeness (QED) is 0.907. The molecule has 2 N–H and O–H groups in total. The van der Waals surface area contributed by atoms with Gasteiger partial charge in [-0.1, -0.05) is 6.07 Å². The van der Waals surface area contributed by atoms with Crippen LogP contribution in [0.25, 0.3) is 11.3 Å². The molecular formula is C19H25N3O2. The van der Waals surface area contributed by atoms with Crippen molar-refractivity contribution in [2.24, 2.45) is 5.92 Å². The maximum Gasteiger partial charge on any atom is 0.125 e. The van der Waals surface area contributed by atoms with Crippen LogP contribution in [-0.4, -0.2) is 45.4 Å². The fourth-order valence-electron chi connectivity index (χ4n) is 3.62. The van der Waals surface area contributed by atoms with Crippen LogP contribution in [0.2, 0.25) is 0 Å². The summed E-state index contributed by atoms with van der Waals surface area (Å²) in [4.78, 5) is 2.24. The van der Waals surface area contributed by atoms with Gasteiger partial charge in [-0.05, 0) is 69.6 Å². The van der Waals surface area contributed by atoms with Gasteiger partial charge in [0, 0.05) is 18.0 Å². The first-order chi connectivity index (χ1) is 11.5. The van der Waals surface area contributed by atoms with E-state index in [0.717, 1.165) is 37.1 Å². The van der Waals surface area contributed by atoms with Crippen molar-refractivity contribution in [3.8, 4) is 17.0 Å². The predicted molar refractivity (Wildman–Crippen MR) is 93.8 cm³/mol. The van der Waals surface area contributed by atoms with Gasteiger partial charge in [0.15, 0.2) is 0 Å². The number of likely N-dealkylation sites (tertiary alicyclic amines) is 1. The smallest absolute Gasteiger partial charge is 0.125 e. The third-order valence-electron chi connectivity index (χ3n) is 4.81. The molecule has 128 valence electrons. The normalized spacial score (nSPS) is 20.1. The molecule has 1 aromatic carbocycles. The summed E-state index contributed by atoms with van der Waals surface area (Å²) < 4.78 is 0. The number of rotatable bonds is 3. The summed E-state index contributed by atoms with van der Waals surface area (Å²) >= 11 is 0. The van der Waals surface area contributed by atoms with Crippen LogP contribution < -0.4 is 0 Å². The van der Waals surface area contributed by atoms with Crippen LogP contribution >= 0.6 is 0 Å². The summed E-state index contributed by atoms with van der Waals surface area (Å²) in [6, 6.07) is 7.39. The molecule has 2 aromatic rings. The number of aliphatic hydroxyl groups excluding tert-OH is 1. The minimum Gasteiger partial charge on any atom is -0.507 e. The van der Waals surface area contributed by atoms with E-state index in [1.165, 1.54) is 0 Å². The molecule has 3 rings (SSSR count). The SMILES string of the molecule is Cc1cc(C)c(-c2ccc(C(O)C3CCCN(C)C3)nn2)c(O)c1. The largest absolute Gasteiger partial charge is 0.507 e. The lowest BCUT2D eigenvalue weighted by molar-refractivity contribution is 0.0556. The van der Waals surface area contributed by atoms with Crippen molar-refractivity contribution >= 4 is 0 Å². The highest BCUT2D eigenvalue weighted by Gasteiger charge is 2.26. The van der Waals surface area contributed by atoms with Crippen molar-refractivity contribution in [3.63, 3.8) is 0 Å². The van der Waals surface area contributed by atoms with Gasteiger partial charge in [-0.25, -0.2) is 0 Å². The molecule has 5 heteroatoms. The van der Waals surface area contributed by atoms with Gasteiger partial charge in [-0.15, -0.1) is 0 Å². The van der Waals surface area contributed by atoms with Crippen LogP contribution in [0.4, 0.5) is 0 Å². The summed E-state index contributed by atoms with van der Waals surface area (Å²) in [5, 5.41) is 29.3. The van der Waals surface area contributed by atoms with Crippen LogP contribution in [0, 0.1) is 19.8 Å². The lowest BCUT2D eigenvalue weighted by Gasteiger charge is -2.32. The summed E-state index contributed by atoms with van der Waals surface area (Å²) in [6.45, 7) is 5.86. The average Bonchev–Trinajstić information content (AvgIpc) is 2.54. The standard InChI is InChI=1S/C19H25N3O2/c1-12-9-13(2)18(17(23)10-12)15-6-7-16(21-20-15)19(24)14-5-4-8-22(3)11-14/h6-7,9-10,14,19,23-24H,4-5,8,11H2,1-3H3. The van der Waals surface area contributed by atoms with Crippen molar-refractivity contribution in [3.05, 3.63) is 41.1 Å². The van der Waals surface area contributed by atoms with Crippen molar-refractivity contribution in [2.45, 2.75) is 32.8 Å². The molecular weight excluding hydrogens is 302 g/mol. The molecule has 0 amide bonds. The van der Waals surface area contributed by atoms with Gasteiger partial charge in [0.1, 0.15) is 11.9 Å². The first-order valence-corrected chi connectivity index (χ1v) is 8.46. The fourth-order valence-corrected chi connectivity index (χ4v) is 3.62. The number of aromatic nitrogens is 2. The molecule has 1 aromatic heterocycles. The van der Waals surface area contributed by atoms with Crippen molar-refractivity contribution < 1.29 is 10.2 Å². The average molecular weight is 327 g/mol. The molecule has 0 spiro atoms. The van der Waals surface area contributed by atoms with E-state index in [2.05, 4.69) is 22.1 Å². The van der Waals surface area contributed by atoms with E-state index >= 15 is 0 Å². The molecule has 0 bridgehead atoms. The van der Waals surface area contributed by atoms with Gasteiger partial charge in [-0.2, -0.15) is 10.2 Å². The zero-order valence-corrected chi connectivity index (χ0v) is 14.5. The summed E-state index contributed by atoms with van der Waals surface area (Å²) in [7, 11) is 2.08. The number of aromatic hydroxyl groups is 1. The van der Waals surface area contributed by atoms with E-state index in [1.807, 2.05) is 32.0 Å². The molecule has 1 aliphatic rings. The number of benzene rings is 1. The topological polar surface area (TPSA) is 69.5 Å². The molecule has 0 saturated carbocycles. The van der Waals surface area contributed by atoms with Gasteiger partial charge < -0.3 is 15.1 Å². The van der Waals surface area contributed by atoms with Gasteiger partial charge in [-0.3, -0.25) is 0 Å². The first-order valence-electron chi connectivity index (χ1n) is 8.46. The molecule has 1 aliphatic heterocycles. The molecule has 24 heavy (non-hydrogen) atoms. The van der Waals surface area contributed by atoms with E-state index in [1.54, 1.807) is 6.07 Å². The molecule has 2 atom stereocenters. The maximum atomic E-state index is 10.6. The molecule has 2 heterocycles. The van der Waals surface area contributed by atoms with Crippen molar-refractivity contribution in [1.29, 1.82) is 0 Å². The van der Waals surface area contributed by atoms with Gasteiger partial charge in [0.2, 0.25) is 0 Å². The Morgan fingerprint density at radius 1 is 1.21 bits per heavy atom. The number of nitrogens with zero attached hydrogens (tertiary/aromatic N) is 3. The minimum absolute atomic E-state index is 0.193. The summed E-state index contributed by atoms with van der Waals surface area (Å²) in [5.74, 6) is 0.405. The van der Waals surface area contributed by atoms with Crippen molar-refractivity contribution in [1.82, 2.24) is 15.1 Å². The second-order valence-electron chi connectivity index (χ2n) is 6.93. The van der Waals surface area contributed by atoms with Gasteiger partial charge >= 0.3 is 0 Å². The number of hydrogen-bond donors (Lipinski definition) is 2. The Bertz CT molecular complexity index is 692. The van der Waals surface area contributed by atoms with E-state index in [-0.39, 0.29) is 11.7 Å². The third kappa shape index (κ3) is 3.42. The van der Waals surface area contributed by atoms with E-state index in [9.17, 15) is 10.2 Å². The third-order valence-corrected chi connectivity index (χ3v) is 4.81. The van der Waals surface area contributed by atoms with Crippen LogP contribution in [0.15, 0.2) is 24.3 Å². The Balaban J connectivity index is 1.83. The van der Waals surface area contributed by atoms with Crippen molar-refractivity contribution in [2.75, 3.05) is 20.1 Å². The lowest BCUT2D eigenvalue weighted by Crippen LogP contribution is -2.35. The van der Waals surface area contributed by atoms with E-state index in [4.69, 9.17) is 0 Å². The second kappa shape index (κ2) is 6.87. The number of hydrogen-bond acceptors (Lipinski definition) is 5. The first kappa shape index (κ1) is 16.9. The molecule has 1 fully saturated rings. The van der Waals surface area contributed by atoms with Gasteiger partial charge in [0.25, 0.3) is 0 Å². The van der Waals surface area contributed by atoms with Crippen LogP contribution in [-0.2, 0) is 0 Å². The van der Waals surface area contributed by atoms with Crippen LogP contribution in [0.5, 0.6) is 5.75 Å². The number of phenolic OH excluding ortho intramolecular Hbond substituents is 1. The summed E-state index contributed by atoms with van der Waals surface area (Å²) in [6.07, 6.45) is 1.51. The Morgan fingerprint density at radius 2 is 2.00 bits per heavy atom. The zero-order chi connectivity index (χ0) is 17.3. The molecule has 2 unspecified atom stereocenters. The lowest BCUT2D eigenvalue weighted by atomic mass is 9.91. The Hall–Kier alpha value is -1.98. The highest BCUT2D eigenvalue weighted by atomic mass is 16.3. The van der Waals surface area contributed by atoms with E-state index < -0.39 is 6.10 Å². The zero-order valence-electron chi connectivity index (χ0n) is 14.5. The predicted octanol–water partition coefficient (Wildman–Crippen LogP) is 2.84. The van der Waals surface area contributed by atoms with Gasteiger partial charge in [0.05, 0.1) is 11.4 Å². The molecule has 0 radical (unpaired) electrons. The maximum absolute atomic E-state index is 10.6. The molecule has 1 saturated heterocycles. The number of aliphatic hydroxyl groups is 1. The molecule has 0 aliphatic carbocycles. The fraction of sp³-hybridized carbons (Fsp3) is 0.474. The Kier molecular flexibility index (Phi) is 4.83. The number of aryl methyl sites for hydroxylation is 2. The summed E-state index contributed by atoms with van der Waals surface area (Å²) in [5.41, 5.74) is 3.90.